The van der Waals surface area contributed by atoms with Gasteiger partial charge in [-0.1, -0.05) is 18.2 Å². The Labute approximate surface area is 189 Å². The van der Waals surface area contributed by atoms with Crippen LogP contribution in [0.25, 0.3) is 0 Å². The molecule has 7 nitrogen and oxygen atoms in total. The lowest BCUT2D eigenvalue weighted by Gasteiger charge is -2.33. The number of hydrogen-bond acceptors (Lipinski definition) is 5. The first kappa shape index (κ1) is 21.7. The first-order valence-corrected chi connectivity index (χ1v) is 11.2. The van der Waals surface area contributed by atoms with E-state index < -0.39 is 0 Å². The van der Waals surface area contributed by atoms with Gasteiger partial charge >= 0.3 is 0 Å². The molecular weight excluding hydrogens is 402 g/mol. The van der Waals surface area contributed by atoms with Crippen LogP contribution in [-0.4, -0.2) is 43.7 Å². The summed E-state index contributed by atoms with van der Waals surface area (Å²) in [5.74, 6) is 3.71. The number of piperidine rings is 1. The second kappa shape index (κ2) is 11.2. The molecule has 1 aliphatic heterocycles. The molecule has 0 bridgehead atoms. The molecule has 1 aliphatic rings. The molecule has 7 heteroatoms. The van der Waals surface area contributed by atoms with Crippen molar-refractivity contribution in [2.45, 2.75) is 31.8 Å². The van der Waals surface area contributed by atoms with E-state index in [0.29, 0.717) is 12.6 Å². The molecule has 4 rings (SSSR count). The Balaban J connectivity index is 1.34. The maximum absolute atomic E-state index is 5.45. The van der Waals surface area contributed by atoms with Crippen LogP contribution in [0.5, 0.6) is 5.75 Å². The highest BCUT2D eigenvalue weighted by Gasteiger charge is 2.20. The summed E-state index contributed by atoms with van der Waals surface area (Å²) >= 11 is 0. The van der Waals surface area contributed by atoms with Crippen LogP contribution in [0, 0.1) is 0 Å². The van der Waals surface area contributed by atoms with Crippen molar-refractivity contribution >= 4 is 11.8 Å². The minimum Gasteiger partial charge on any atom is -0.497 e. The Bertz CT molecular complexity index is 950. The van der Waals surface area contributed by atoms with Gasteiger partial charge in [0, 0.05) is 38.3 Å². The topological polar surface area (TPSA) is 74.9 Å². The number of aliphatic imine (C=N–C) groups is 1. The van der Waals surface area contributed by atoms with E-state index in [1.165, 1.54) is 0 Å². The number of methoxy groups -OCH3 is 1. The SMILES string of the molecule is COc1ccc(CN=C(NCCc2ccco2)NC2CCN(c3ccccn3)CC2)cc1. The third-order valence-corrected chi connectivity index (χ3v) is 5.63. The van der Waals surface area contributed by atoms with E-state index in [0.717, 1.165) is 67.7 Å². The lowest BCUT2D eigenvalue weighted by atomic mass is 10.1. The van der Waals surface area contributed by atoms with E-state index in [9.17, 15) is 0 Å². The highest BCUT2D eigenvalue weighted by Crippen LogP contribution is 2.17. The van der Waals surface area contributed by atoms with E-state index in [2.05, 4.69) is 26.6 Å². The molecule has 0 atom stereocenters. The van der Waals surface area contributed by atoms with E-state index in [1.807, 2.05) is 54.7 Å². The molecule has 0 amide bonds. The number of ether oxygens (including phenoxy) is 1. The lowest BCUT2D eigenvalue weighted by Crippen LogP contribution is -2.49. The molecule has 2 N–H and O–H groups in total. The maximum Gasteiger partial charge on any atom is 0.191 e. The second-order valence-corrected chi connectivity index (χ2v) is 7.86. The number of benzene rings is 1. The van der Waals surface area contributed by atoms with Gasteiger partial charge in [-0.2, -0.15) is 0 Å². The molecule has 32 heavy (non-hydrogen) atoms. The number of hydrogen-bond donors (Lipinski definition) is 2. The zero-order chi connectivity index (χ0) is 22.0. The molecular formula is C25H31N5O2. The largest absolute Gasteiger partial charge is 0.497 e. The molecule has 0 saturated carbocycles. The number of anilines is 1. The number of nitrogens with one attached hydrogen (secondary N) is 2. The van der Waals surface area contributed by atoms with Gasteiger partial charge in [0.1, 0.15) is 17.3 Å². The van der Waals surface area contributed by atoms with Crippen LogP contribution in [0.2, 0.25) is 0 Å². The van der Waals surface area contributed by atoms with E-state index in [4.69, 9.17) is 14.1 Å². The zero-order valence-corrected chi connectivity index (χ0v) is 18.5. The molecule has 168 valence electrons. The van der Waals surface area contributed by atoms with Crippen molar-refractivity contribution in [2.75, 3.05) is 31.6 Å². The van der Waals surface area contributed by atoms with Crippen molar-refractivity contribution in [3.05, 3.63) is 78.4 Å². The third kappa shape index (κ3) is 6.26. The number of pyridine rings is 1. The van der Waals surface area contributed by atoms with Crippen molar-refractivity contribution in [1.29, 1.82) is 0 Å². The summed E-state index contributed by atoms with van der Waals surface area (Å²) in [5.41, 5.74) is 1.14. The highest BCUT2D eigenvalue weighted by molar-refractivity contribution is 5.80. The summed E-state index contributed by atoms with van der Waals surface area (Å²) in [4.78, 5) is 11.7. The van der Waals surface area contributed by atoms with Crippen LogP contribution in [0.3, 0.4) is 0 Å². The van der Waals surface area contributed by atoms with Gasteiger partial charge in [0.25, 0.3) is 0 Å². The van der Waals surface area contributed by atoms with Gasteiger partial charge in [-0.3, -0.25) is 0 Å². The molecule has 0 radical (unpaired) electrons. The van der Waals surface area contributed by atoms with Crippen LogP contribution in [0.4, 0.5) is 5.82 Å². The number of aromatic nitrogens is 1. The average molecular weight is 434 g/mol. The van der Waals surface area contributed by atoms with Crippen molar-refractivity contribution in [1.82, 2.24) is 15.6 Å². The summed E-state index contributed by atoms with van der Waals surface area (Å²) < 4.78 is 10.7. The zero-order valence-electron chi connectivity index (χ0n) is 18.5. The number of nitrogens with zero attached hydrogens (tertiary/aromatic N) is 3. The van der Waals surface area contributed by atoms with E-state index in [1.54, 1.807) is 13.4 Å². The van der Waals surface area contributed by atoms with Crippen LogP contribution in [0.15, 0.2) is 76.5 Å². The summed E-state index contributed by atoms with van der Waals surface area (Å²) in [6, 6.07) is 18.4. The Morgan fingerprint density at radius 3 is 2.66 bits per heavy atom. The fourth-order valence-corrected chi connectivity index (χ4v) is 3.80. The van der Waals surface area contributed by atoms with E-state index >= 15 is 0 Å². The number of guanidine groups is 1. The predicted octanol–water partition coefficient (Wildman–Crippen LogP) is 3.63. The van der Waals surface area contributed by atoms with E-state index in [-0.39, 0.29) is 0 Å². The van der Waals surface area contributed by atoms with Crippen LogP contribution >= 0.6 is 0 Å². The Kier molecular flexibility index (Phi) is 7.63. The fraction of sp³-hybridized carbons (Fsp3) is 0.360. The molecule has 1 saturated heterocycles. The summed E-state index contributed by atoms with van der Waals surface area (Å²) in [7, 11) is 1.68. The Hall–Kier alpha value is -3.48. The van der Waals surface area contributed by atoms with Gasteiger partial charge in [-0.25, -0.2) is 9.98 Å². The van der Waals surface area contributed by atoms with Gasteiger partial charge in [0.15, 0.2) is 5.96 Å². The van der Waals surface area contributed by atoms with Crippen LogP contribution < -0.4 is 20.3 Å². The minimum absolute atomic E-state index is 0.376. The standard InChI is InChI=1S/C25H31N5O2/c1-31-22-9-7-20(8-10-22)19-28-25(27-15-11-23-5-4-18-32-23)29-21-12-16-30(17-13-21)24-6-2-3-14-26-24/h2-10,14,18,21H,11-13,15-17,19H2,1H3,(H2,27,28,29). The quantitative estimate of drug-likeness (QED) is 0.417. The third-order valence-electron chi connectivity index (χ3n) is 5.63. The number of rotatable bonds is 8. The molecule has 1 fully saturated rings. The van der Waals surface area contributed by atoms with Crippen molar-refractivity contribution < 1.29 is 9.15 Å². The molecule has 2 aromatic heterocycles. The molecule has 3 aromatic rings. The van der Waals surface area contributed by atoms with Gasteiger partial charge in [-0.15, -0.1) is 0 Å². The van der Waals surface area contributed by atoms with Crippen molar-refractivity contribution in [3.63, 3.8) is 0 Å². The first-order valence-electron chi connectivity index (χ1n) is 11.2. The minimum atomic E-state index is 0.376. The van der Waals surface area contributed by atoms with Crippen LogP contribution in [0.1, 0.15) is 24.2 Å². The van der Waals surface area contributed by atoms with Crippen LogP contribution in [-0.2, 0) is 13.0 Å². The maximum atomic E-state index is 5.45. The fourth-order valence-electron chi connectivity index (χ4n) is 3.80. The summed E-state index contributed by atoms with van der Waals surface area (Å²) in [6.07, 6.45) is 6.46. The highest BCUT2D eigenvalue weighted by atomic mass is 16.5. The predicted molar refractivity (Wildman–Crippen MR) is 127 cm³/mol. The van der Waals surface area contributed by atoms with Gasteiger partial charge in [0.05, 0.1) is 19.9 Å². The molecule has 0 unspecified atom stereocenters. The number of furan rings is 1. The monoisotopic (exact) mass is 433 g/mol. The summed E-state index contributed by atoms with van der Waals surface area (Å²) in [5, 5.41) is 7.11. The normalized spacial score (nSPS) is 14.9. The Morgan fingerprint density at radius 2 is 1.97 bits per heavy atom. The Morgan fingerprint density at radius 1 is 1.12 bits per heavy atom. The van der Waals surface area contributed by atoms with Gasteiger partial charge < -0.3 is 24.7 Å². The molecule has 3 heterocycles. The lowest BCUT2D eigenvalue weighted by molar-refractivity contribution is 0.414. The average Bonchev–Trinajstić information content (AvgIpc) is 3.37. The first-order chi connectivity index (χ1) is 15.8. The molecule has 1 aromatic carbocycles. The second-order valence-electron chi connectivity index (χ2n) is 7.86. The molecule has 0 spiro atoms. The smallest absolute Gasteiger partial charge is 0.191 e. The summed E-state index contributed by atoms with van der Waals surface area (Å²) in [6.45, 7) is 3.32. The van der Waals surface area contributed by atoms with Crippen molar-refractivity contribution in [3.8, 4) is 5.75 Å². The molecule has 0 aliphatic carbocycles. The van der Waals surface area contributed by atoms with Gasteiger partial charge in [0.2, 0.25) is 0 Å². The van der Waals surface area contributed by atoms with Crippen molar-refractivity contribution in [2.24, 2.45) is 4.99 Å². The van der Waals surface area contributed by atoms with Gasteiger partial charge in [-0.05, 0) is 54.8 Å².